The van der Waals surface area contributed by atoms with Crippen molar-refractivity contribution in [2.75, 3.05) is 26.1 Å². The molecule has 0 unspecified atom stereocenters. The van der Waals surface area contributed by atoms with Crippen molar-refractivity contribution in [2.24, 2.45) is 0 Å². The normalized spacial score (nSPS) is 9.83. The van der Waals surface area contributed by atoms with Crippen molar-refractivity contribution in [3.8, 4) is 11.5 Å². The minimum absolute atomic E-state index is 0.0337. The molecular weight excluding hydrogens is 302 g/mol. The molecule has 1 heterocycles. The van der Waals surface area contributed by atoms with Crippen molar-refractivity contribution in [2.45, 2.75) is 0 Å². The highest BCUT2D eigenvalue weighted by atomic mass is 16.5. The van der Waals surface area contributed by atoms with Gasteiger partial charge >= 0.3 is 5.97 Å². The smallest absolute Gasteiger partial charge is 0.359 e. The van der Waals surface area contributed by atoms with Crippen LogP contribution in [0.1, 0.15) is 10.5 Å². The van der Waals surface area contributed by atoms with Crippen molar-refractivity contribution in [1.29, 1.82) is 0 Å². The Bertz CT molecular complexity index is 691. The molecule has 1 N–H and O–H groups in total. The summed E-state index contributed by atoms with van der Waals surface area (Å²) in [5, 5.41) is 2.59. The standard InChI is InChI=1S/C15H15N3O5/c1-21-12-4-3-10(7-13(12)22-2)18-14(19)9-23-15(20)11-8-16-5-6-17-11/h3-8H,9H2,1-2H3,(H,18,19). The summed E-state index contributed by atoms with van der Waals surface area (Å²) in [4.78, 5) is 31.0. The van der Waals surface area contributed by atoms with Gasteiger partial charge in [-0.3, -0.25) is 9.78 Å². The third-order valence-corrected chi connectivity index (χ3v) is 2.77. The largest absolute Gasteiger partial charge is 0.493 e. The van der Waals surface area contributed by atoms with Gasteiger partial charge in [-0.05, 0) is 12.1 Å². The Morgan fingerprint density at radius 3 is 2.57 bits per heavy atom. The van der Waals surface area contributed by atoms with Gasteiger partial charge in [-0.2, -0.15) is 0 Å². The van der Waals surface area contributed by atoms with Crippen LogP contribution in [0.4, 0.5) is 5.69 Å². The molecule has 2 aromatic rings. The van der Waals surface area contributed by atoms with E-state index in [4.69, 9.17) is 14.2 Å². The van der Waals surface area contributed by atoms with Crippen molar-refractivity contribution in [1.82, 2.24) is 9.97 Å². The third-order valence-electron chi connectivity index (χ3n) is 2.77. The maximum absolute atomic E-state index is 11.8. The van der Waals surface area contributed by atoms with Crippen molar-refractivity contribution in [3.63, 3.8) is 0 Å². The molecule has 0 radical (unpaired) electrons. The molecule has 0 fully saturated rings. The molecule has 0 aliphatic carbocycles. The molecule has 0 bridgehead atoms. The van der Waals surface area contributed by atoms with Gasteiger partial charge in [0.25, 0.3) is 5.91 Å². The summed E-state index contributed by atoms with van der Waals surface area (Å²) in [5.74, 6) is -0.198. The molecule has 0 spiro atoms. The van der Waals surface area contributed by atoms with Crippen LogP contribution >= 0.6 is 0 Å². The Morgan fingerprint density at radius 2 is 1.91 bits per heavy atom. The lowest BCUT2D eigenvalue weighted by Gasteiger charge is -2.10. The topological polar surface area (TPSA) is 99.6 Å². The number of hydrogen-bond donors (Lipinski definition) is 1. The number of aromatic nitrogens is 2. The molecule has 120 valence electrons. The monoisotopic (exact) mass is 317 g/mol. The number of hydrogen-bond acceptors (Lipinski definition) is 7. The Morgan fingerprint density at radius 1 is 1.13 bits per heavy atom. The number of carbonyl (C=O) groups excluding carboxylic acids is 2. The van der Waals surface area contributed by atoms with Crippen LogP contribution < -0.4 is 14.8 Å². The molecule has 8 heteroatoms. The van der Waals surface area contributed by atoms with E-state index in [1.165, 1.54) is 32.8 Å². The van der Waals surface area contributed by atoms with Crippen LogP contribution in [0.2, 0.25) is 0 Å². The van der Waals surface area contributed by atoms with E-state index < -0.39 is 18.5 Å². The fourth-order valence-electron chi connectivity index (χ4n) is 1.72. The van der Waals surface area contributed by atoms with Gasteiger partial charge in [-0.15, -0.1) is 0 Å². The lowest BCUT2D eigenvalue weighted by atomic mass is 10.2. The molecule has 2 rings (SSSR count). The SMILES string of the molecule is COc1ccc(NC(=O)COC(=O)c2cnccn2)cc1OC. The predicted octanol–water partition coefficient (Wildman–Crippen LogP) is 1.29. The average molecular weight is 317 g/mol. The van der Waals surface area contributed by atoms with E-state index in [0.717, 1.165) is 0 Å². The van der Waals surface area contributed by atoms with Crippen LogP contribution in [-0.4, -0.2) is 42.7 Å². The molecule has 23 heavy (non-hydrogen) atoms. The highest BCUT2D eigenvalue weighted by molar-refractivity contribution is 5.94. The van der Waals surface area contributed by atoms with Gasteiger partial charge in [0.2, 0.25) is 0 Å². The second-order valence-electron chi connectivity index (χ2n) is 4.28. The summed E-state index contributed by atoms with van der Waals surface area (Å²) in [7, 11) is 3.01. The zero-order chi connectivity index (χ0) is 16.7. The quantitative estimate of drug-likeness (QED) is 0.801. The number of anilines is 1. The summed E-state index contributed by atoms with van der Waals surface area (Å²) in [6, 6.07) is 4.89. The fourth-order valence-corrected chi connectivity index (χ4v) is 1.72. The molecule has 8 nitrogen and oxygen atoms in total. The number of esters is 1. The van der Waals surface area contributed by atoms with E-state index >= 15 is 0 Å². The highest BCUT2D eigenvalue weighted by Crippen LogP contribution is 2.29. The fraction of sp³-hybridized carbons (Fsp3) is 0.200. The molecule has 1 amide bonds. The first-order chi connectivity index (χ1) is 11.1. The highest BCUT2D eigenvalue weighted by Gasteiger charge is 2.12. The third kappa shape index (κ3) is 4.40. The first-order valence-corrected chi connectivity index (χ1v) is 6.59. The van der Waals surface area contributed by atoms with Crippen LogP contribution in [0, 0.1) is 0 Å². The molecular formula is C15H15N3O5. The molecule has 1 aromatic carbocycles. The van der Waals surface area contributed by atoms with Crippen LogP contribution in [0.25, 0.3) is 0 Å². The van der Waals surface area contributed by atoms with Gasteiger partial charge in [-0.25, -0.2) is 9.78 Å². The number of methoxy groups -OCH3 is 2. The van der Waals surface area contributed by atoms with Gasteiger partial charge in [0.1, 0.15) is 0 Å². The molecule has 0 aliphatic heterocycles. The van der Waals surface area contributed by atoms with Gasteiger partial charge in [-0.1, -0.05) is 0 Å². The van der Waals surface area contributed by atoms with Crippen LogP contribution in [-0.2, 0) is 9.53 Å². The number of amides is 1. The number of benzene rings is 1. The van der Waals surface area contributed by atoms with Crippen molar-refractivity contribution >= 4 is 17.6 Å². The van der Waals surface area contributed by atoms with E-state index in [-0.39, 0.29) is 5.69 Å². The minimum atomic E-state index is -0.722. The van der Waals surface area contributed by atoms with Crippen LogP contribution in [0.15, 0.2) is 36.8 Å². The maximum atomic E-state index is 11.8. The first kappa shape index (κ1) is 16.2. The zero-order valence-corrected chi connectivity index (χ0v) is 12.6. The molecule has 0 saturated heterocycles. The second-order valence-corrected chi connectivity index (χ2v) is 4.28. The summed E-state index contributed by atoms with van der Waals surface area (Å²) in [6.07, 6.45) is 4.05. The van der Waals surface area contributed by atoms with Gasteiger partial charge < -0.3 is 19.5 Å². The lowest BCUT2D eigenvalue weighted by molar-refractivity contribution is -0.119. The maximum Gasteiger partial charge on any atom is 0.359 e. The number of nitrogens with zero attached hydrogens (tertiary/aromatic N) is 2. The van der Waals surface area contributed by atoms with Gasteiger partial charge in [0.15, 0.2) is 23.8 Å². The Kier molecular flexibility index (Phi) is 5.45. The van der Waals surface area contributed by atoms with E-state index in [2.05, 4.69) is 15.3 Å². The summed E-state index contributed by atoms with van der Waals surface area (Å²) in [5.41, 5.74) is 0.523. The summed E-state index contributed by atoms with van der Waals surface area (Å²) in [6.45, 7) is -0.441. The lowest BCUT2D eigenvalue weighted by Crippen LogP contribution is -2.21. The van der Waals surface area contributed by atoms with E-state index in [9.17, 15) is 9.59 Å². The van der Waals surface area contributed by atoms with Crippen molar-refractivity contribution < 1.29 is 23.8 Å². The summed E-state index contributed by atoms with van der Waals surface area (Å²) >= 11 is 0. The van der Waals surface area contributed by atoms with E-state index in [1.54, 1.807) is 18.2 Å². The molecule has 0 aliphatic rings. The molecule has 0 saturated carbocycles. The van der Waals surface area contributed by atoms with Crippen LogP contribution in [0.5, 0.6) is 11.5 Å². The average Bonchev–Trinajstić information content (AvgIpc) is 2.60. The number of ether oxygens (including phenoxy) is 3. The summed E-state index contributed by atoms with van der Waals surface area (Å²) < 4.78 is 15.1. The Balaban J connectivity index is 1.91. The Labute approximate surface area is 132 Å². The predicted molar refractivity (Wildman–Crippen MR) is 80.5 cm³/mol. The first-order valence-electron chi connectivity index (χ1n) is 6.59. The van der Waals surface area contributed by atoms with Crippen molar-refractivity contribution in [3.05, 3.63) is 42.5 Å². The second kappa shape index (κ2) is 7.74. The van der Waals surface area contributed by atoms with E-state index in [1.807, 2.05) is 0 Å². The van der Waals surface area contributed by atoms with Gasteiger partial charge in [0.05, 0.1) is 20.4 Å². The Hall–Kier alpha value is -3.16. The van der Waals surface area contributed by atoms with E-state index in [0.29, 0.717) is 17.2 Å². The molecule has 0 atom stereocenters. The van der Waals surface area contributed by atoms with Crippen LogP contribution in [0.3, 0.4) is 0 Å². The number of rotatable bonds is 6. The number of nitrogens with one attached hydrogen (secondary N) is 1. The minimum Gasteiger partial charge on any atom is -0.493 e. The zero-order valence-electron chi connectivity index (χ0n) is 12.6. The van der Waals surface area contributed by atoms with Gasteiger partial charge in [0, 0.05) is 24.1 Å². The number of carbonyl (C=O) groups is 2. The molecule has 1 aromatic heterocycles.